The zero-order chi connectivity index (χ0) is 16.7. The lowest BCUT2D eigenvalue weighted by molar-refractivity contribution is -0.124. The van der Waals surface area contributed by atoms with E-state index in [1.165, 1.54) is 6.33 Å². The maximum absolute atomic E-state index is 13.8. The molecule has 0 spiro atoms. The van der Waals surface area contributed by atoms with E-state index in [0.717, 1.165) is 16.5 Å². The first-order valence-corrected chi connectivity index (χ1v) is 7.95. The lowest BCUT2D eigenvalue weighted by Gasteiger charge is -2.33. The second-order valence-corrected chi connectivity index (χ2v) is 6.10. The highest BCUT2D eigenvalue weighted by molar-refractivity contribution is 6.05. The molecule has 1 saturated heterocycles. The summed E-state index contributed by atoms with van der Waals surface area (Å²) in [6.45, 7) is 1.20. The van der Waals surface area contributed by atoms with Crippen LogP contribution < -0.4 is 10.6 Å². The van der Waals surface area contributed by atoms with Crippen LogP contribution in [0.2, 0.25) is 0 Å². The zero-order valence-electron chi connectivity index (χ0n) is 13.0. The Kier molecular flexibility index (Phi) is 3.55. The van der Waals surface area contributed by atoms with Gasteiger partial charge in [-0.2, -0.15) is 0 Å². The normalized spacial score (nSPS) is 17.5. The number of carbonyl (C=O) groups excluding carboxylic acids is 1. The number of fused-ring (bicyclic) bond motifs is 3. The molecule has 0 unspecified atom stereocenters. The van der Waals surface area contributed by atoms with Gasteiger partial charge in [0.2, 0.25) is 0 Å². The van der Waals surface area contributed by atoms with Gasteiger partial charge >= 0.3 is 0 Å². The van der Waals surface area contributed by atoms with Crippen molar-refractivity contribution in [2.45, 2.75) is 19.0 Å². The smallest absolute Gasteiger partial charge is 0.252 e. The fourth-order valence-electron chi connectivity index (χ4n) is 3.37. The molecule has 6 nitrogen and oxygen atoms in total. The van der Waals surface area contributed by atoms with Crippen LogP contribution >= 0.6 is 0 Å². The minimum absolute atomic E-state index is 0.327. The number of aromatic nitrogens is 2. The van der Waals surface area contributed by atoms with Crippen LogP contribution in [0.3, 0.4) is 0 Å². The summed E-state index contributed by atoms with van der Waals surface area (Å²) < 4.78 is 19.7. The van der Waals surface area contributed by atoms with E-state index in [1.807, 2.05) is 24.3 Å². The van der Waals surface area contributed by atoms with Crippen LogP contribution in [0, 0.1) is 5.92 Å². The Morgan fingerprint density at radius 2 is 2.04 bits per heavy atom. The topological polar surface area (TPSA) is 85.3 Å². The molecule has 1 fully saturated rings. The lowest BCUT2D eigenvalue weighted by atomic mass is 9.92. The number of amides is 1. The lowest BCUT2D eigenvalue weighted by Crippen LogP contribution is -2.41. The molecule has 0 radical (unpaired) electrons. The first kappa shape index (κ1) is 14.9. The first-order chi connectivity index (χ1) is 11.6. The molecule has 1 aliphatic heterocycles. The van der Waals surface area contributed by atoms with Crippen molar-refractivity contribution >= 4 is 33.8 Å². The van der Waals surface area contributed by atoms with Crippen LogP contribution in [0.4, 0.5) is 10.2 Å². The maximum Gasteiger partial charge on any atom is 0.252 e. The molecule has 1 aliphatic rings. The van der Waals surface area contributed by atoms with Gasteiger partial charge in [-0.05, 0) is 25.0 Å². The van der Waals surface area contributed by atoms with Crippen molar-refractivity contribution < 1.29 is 13.6 Å². The fraction of sp³-hybridized carbons (Fsp3) is 0.353. The average molecular weight is 328 g/mol. The Balaban J connectivity index is 1.65. The van der Waals surface area contributed by atoms with Crippen molar-refractivity contribution in [2.24, 2.45) is 11.7 Å². The van der Waals surface area contributed by atoms with Crippen LogP contribution in [0.15, 0.2) is 35.0 Å². The minimum Gasteiger partial charge on any atom is -0.450 e. The van der Waals surface area contributed by atoms with Gasteiger partial charge in [-0.25, -0.2) is 14.4 Å². The van der Waals surface area contributed by atoms with Gasteiger partial charge in [0, 0.05) is 24.4 Å². The molecule has 0 aliphatic carbocycles. The third kappa shape index (κ3) is 2.36. The summed E-state index contributed by atoms with van der Waals surface area (Å²) in [5, 5.41) is 0.948. The molecule has 4 rings (SSSR count). The standard InChI is InChI=1S/C17H17FN4O2/c18-13(16(19)23)10-5-7-22(8-6-10)17-15-14(20-9-21-17)11-3-1-2-4-12(11)24-15/h1-4,9-10,13H,5-8H2,(H2,19,23)/t13-/m0/s1. The highest BCUT2D eigenvalue weighted by Gasteiger charge is 2.31. The van der Waals surface area contributed by atoms with Crippen LogP contribution in [-0.4, -0.2) is 35.1 Å². The van der Waals surface area contributed by atoms with Gasteiger partial charge in [0.05, 0.1) is 0 Å². The van der Waals surface area contributed by atoms with E-state index in [2.05, 4.69) is 14.9 Å². The Morgan fingerprint density at radius 3 is 2.79 bits per heavy atom. The van der Waals surface area contributed by atoms with Crippen molar-refractivity contribution in [3.63, 3.8) is 0 Å². The molecule has 124 valence electrons. The molecular formula is C17H17FN4O2. The monoisotopic (exact) mass is 328 g/mol. The number of hydrogen-bond donors (Lipinski definition) is 1. The SMILES string of the molecule is NC(=O)[C@@H](F)C1CCN(c2ncnc3c2oc2ccccc23)CC1. The number of benzene rings is 1. The molecule has 0 saturated carbocycles. The van der Waals surface area contributed by atoms with Crippen LogP contribution in [0.1, 0.15) is 12.8 Å². The van der Waals surface area contributed by atoms with Crippen LogP contribution in [-0.2, 0) is 4.79 Å². The largest absolute Gasteiger partial charge is 0.450 e. The van der Waals surface area contributed by atoms with Crippen molar-refractivity contribution in [1.82, 2.24) is 9.97 Å². The third-order valence-corrected chi connectivity index (χ3v) is 4.66. The summed E-state index contributed by atoms with van der Waals surface area (Å²) in [6.07, 6.45) is 1.04. The molecule has 2 N–H and O–H groups in total. The molecule has 0 bridgehead atoms. The number of furan rings is 1. The number of anilines is 1. The highest BCUT2D eigenvalue weighted by atomic mass is 19.1. The summed E-state index contributed by atoms with van der Waals surface area (Å²) in [5.41, 5.74) is 7.25. The Hall–Kier alpha value is -2.70. The van der Waals surface area contributed by atoms with E-state index in [-0.39, 0.29) is 5.92 Å². The number of nitrogens with two attached hydrogens (primary N) is 1. The molecule has 3 aromatic rings. The number of carbonyl (C=O) groups is 1. The van der Waals surface area contributed by atoms with Crippen molar-refractivity contribution in [1.29, 1.82) is 0 Å². The number of nitrogens with zero attached hydrogens (tertiary/aromatic N) is 3. The molecule has 1 atom stereocenters. The van der Waals surface area contributed by atoms with Gasteiger partial charge in [-0.3, -0.25) is 4.79 Å². The number of hydrogen-bond acceptors (Lipinski definition) is 5. The van der Waals surface area contributed by atoms with Crippen LogP contribution in [0.25, 0.3) is 22.1 Å². The van der Waals surface area contributed by atoms with E-state index >= 15 is 0 Å². The van der Waals surface area contributed by atoms with Gasteiger partial charge in [0.15, 0.2) is 17.6 Å². The average Bonchev–Trinajstić information content (AvgIpc) is 3.00. The molecule has 24 heavy (non-hydrogen) atoms. The number of primary amides is 1. The molecular weight excluding hydrogens is 311 g/mol. The van der Waals surface area contributed by atoms with E-state index in [1.54, 1.807) is 0 Å². The quantitative estimate of drug-likeness (QED) is 0.798. The number of piperidine rings is 1. The zero-order valence-corrected chi connectivity index (χ0v) is 13.0. The van der Waals surface area contributed by atoms with Gasteiger partial charge in [0.1, 0.15) is 17.4 Å². The Bertz CT molecular complexity index is 902. The van der Waals surface area contributed by atoms with Gasteiger partial charge in [-0.15, -0.1) is 0 Å². The van der Waals surface area contributed by atoms with Crippen molar-refractivity contribution in [3.8, 4) is 0 Å². The second kappa shape index (κ2) is 5.74. The van der Waals surface area contributed by atoms with E-state index in [9.17, 15) is 9.18 Å². The second-order valence-electron chi connectivity index (χ2n) is 6.10. The summed E-state index contributed by atoms with van der Waals surface area (Å²) in [4.78, 5) is 21.8. The molecule has 3 heterocycles. The predicted molar refractivity (Wildman–Crippen MR) is 88.3 cm³/mol. The first-order valence-electron chi connectivity index (χ1n) is 7.95. The van der Waals surface area contributed by atoms with Crippen molar-refractivity contribution in [3.05, 3.63) is 30.6 Å². The molecule has 1 aromatic carbocycles. The van der Waals surface area contributed by atoms with Gasteiger partial charge < -0.3 is 15.1 Å². The van der Waals surface area contributed by atoms with Gasteiger partial charge in [0.25, 0.3) is 5.91 Å². The number of halogens is 1. The maximum atomic E-state index is 13.8. The fourth-order valence-corrected chi connectivity index (χ4v) is 3.37. The highest BCUT2D eigenvalue weighted by Crippen LogP contribution is 2.34. The number of alkyl halides is 1. The summed E-state index contributed by atoms with van der Waals surface area (Å²) >= 11 is 0. The number of rotatable bonds is 3. The van der Waals surface area contributed by atoms with E-state index < -0.39 is 12.1 Å². The molecule has 1 amide bonds. The Morgan fingerprint density at radius 1 is 1.29 bits per heavy atom. The van der Waals surface area contributed by atoms with Crippen LogP contribution in [0.5, 0.6) is 0 Å². The van der Waals surface area contributed by atoms with Crippen molar-refractivity contribution in [2.75, 3.05) is 18.0 Å². The number of para-hydroxylation sites is 1. The third-order valence-electron chi connectivity index (χ3n) is 4.66. The minimum atomic E-state index is -1.58. The summed E-state index contributed by atoms with van der Waals surface area (Å²) in [7, 11) is 0. The molecule has 2 aromatic heterocycles. The van der Waals surface area contributed by atoms with E-state index in [4.69, 9.17) is 10.2 Å². The van der Waals surface area contributed by atoms with E-state index in [0.29, 0.717) is 37.3 Å². The molecule has 7 heteroatoms. The summed E-state index contributed by atoms with van der Waals surface area (Å²) in [6, 6.07) is 7.71. The Labute approximate surface area is 137 Å². The summed E-state index contributed by atoms with van der Waals surface area (Å²) in [5.74, 6) is -0.494. The predicted octanol–water partition coefficient (Wildman–Crippen LogP) is 2.42. The van der Waals surface area contributed by atoms with Gasteiger partial charge in [-0.1, -0.05) is 12.1 Å².